The van der Waals surface area contributed by atoms with Crippen LogP contribution in [0, 0.1) is 13.8 Å². The lowest BCUT2D eigenvalue weighted by Crippen LogP contribution is -2.05. The van der Waals surface area contributed by atoms with E-state index in [2.05, 4.69) is 62.0 Å². The van der Waals surface area contributed by atoms with Crippen LogP contribution in [0.25, 0.3) is 10.2 Å². The highest BCUT2D eigenvalue weighted by Gasteiger charge is 2.10. The Morgan fingerprint density at radius 3 is 2.84 bits per heavy atom. The highest BCUT2D eigenvalue weighted by Crippen LogP contribution is 2.29. The normalized spacial score (nSPS) is 11.0. The second-order valence-corrected chi connectivity index (χ2v) is 6.85. The van der Waals surface area contributed by atoms with Gasteiger partial charge in [0, 0.05) is 18.3 Å². The summed E-state index contributed by atoms with van der Waals surface area (Å²) in [7, 11) is 0. The van der Waals surface area contributed by atoms with Crippen LogP contribution in [0.2, 0.25) is 0 Å². The average molecular weight is 350 g/mol. The van der Waals surface area contributed by atoms with Gasteiger partial charge >= 0.3 is 0 Å². The molecular formula is C18H18N6S. The molecule has 3 heterocycles. The maximum absolute atomic E-state index is 4.64. The van der Waals surface area contributed by atoms with Gasteiger partial charge in [-0.05, 0) is 30.9 Å². The first-order valence-electron chi connectivity index (χ1n) is 8.01. The third kappa shape index (κ3) is 3.46. The van der Waals surface area contributed by atoms with Crippen LogP contribution in [0.1, 0.15) is 16.8 Å². The predicted octanol–water partition coefficient (Wildman–Crippen LogP) is 4.39. The number of aryl methyl sites for hydroxylation is 2. The van der Waals surface area contributed by atoms with Gasteiger partial charge in [0.1, 0.15) is 0 Å². The number of thiophene rings is 1. The fourth-order valence-electron chi connectivity index (χ4n) is 2.63. The molecule has 4 rings (SSSR count). The van der Waals surface area contributed by atoms with Gasteiger partial charge in [-0.25, -0.2) is 4.98 Å². The van der Waals surface area contributed by atoms with Gasteiger partial charge in [-0.3, -0.25) is 5.10 Å². The first-order valence-corrected chi connectivity index (χ1v) is 8.89. The van der Waals surface area contributed by atoms with Gasteiger partial charge in [-0.2, -0.15) is 10.1 Å². The van der Waals surface area contributed by atoms with Crippen molar-refractivity contribution in [2.75, 3.05) is 10.6 Å². The summed E-state index contributed by atoms with van der Waals surface area (Å²) >= 11 is 1.61. The van der Waals surface area contributed by atoms with Crippen molar-refractivity contribution >= 4 is 39.1 Å². The number of fused-ring (bicyclic) bond motifs is 1. The smallest absolute Gasteiger partial charge is 0.225 e. The predicted molar refractivity (Wildman–Crippen MR) is 103 cm³/mol. The topological polar surface area (TPSA) is 78.5 Å². The zero-order chi connectivity index (χ0) is 17.2. The number of H-pyrrole nitrogens is 1. The molecule has 6 nitrogen and oxygen atoms in total. The van der Waals surface area contributed by atoms with Crippen LogP contribution in [-0.2, 0) is 6.54 Å². The van der Waals surface area contributed by atoms with E-state index < -0.39 is 0 Å². The van der Waals surface area contributed by atoms with Crippen molar-refractivity contribution in [3.8, 4) is 0 Å². The number of hydrogen-bond acceptors (Lipinski definition) is 6. The number of aromatic nitrogens is 4. The Morgan fingerprint density at radius 2 is 2.04 bits per heavy atom. The van der Waals surface area contributed by atoms with Crippen LogP contribution in [0.15, 0.2) is 41.8 Å². The molecule has 3 aromatic heterocycles. The Labute approximate surface area is 149 Å². The number of anilines is 3. The van der Waals surface area contributed by atoms with Crippen LogP contribution in [0.5, 0.6) is 0 Å². The van der Waals surface area contributed by atoms with Crippen molar-refractivity contribution in [2.24, 2.45) is 0 Å². The molecule has 0 unspecified atom stereocenters. The molecule has 0 fully saturated rings. The molecular weight excluding hydrogens is 332 g/mol. The minimum atomic E-state index is 0.599. The standard InChI is InChI=1S/C18H18N6S/c1-11-4-3-5-13(8-11)10-19-18-20-14-6-7-25-16(14)17(22-18)21-15-9-12(2)23-24-15/h3-9H,10H2,1-2H3,(H3,19,20,21,22,23,24). The Kier molecular flexibility index (Phi) is 4.07. The fourth-order valence-corrected chi connectivity index (χ4v) is 3.41. The largest absolute Gasteiger partial charge is 0.350 e. The molecule has 0 radical (unpaired) electrons. The van der Waals surface area contributed by atoms with Gasteiger partial charge in [0.15, 0.2) is 11.6 Å². The first kappa shape index (κ1) is 15.6. The quantitative estimate of drug-likeness (QED) is 0.497. The van der Waals surface area contributed by atoms with Crippen molar-refractivity contribution < 1.29 is 0 Å². The van der Waals surface area contributed by atoms with Crippen molar-refractivity contribution in [1.29, 1.82) is 0 Å². The maximum Gasteiger partial charge on any atom is 0.225 e. The highest BCUT2D eigenvalue weighted by molar-refractivity contribution is 7.17. The third-order valence-corrected chi connectivity index (χ3v) is 4.70. The van der Waals surface area contributed by atoms with Crippen LogP contribution < -0.4 is 10.6 Å². The summed E-state index contributed by atoms with van der Waals surface area (Å²) in [5.74, 6) is 2.11. The lowest BCUT2D eigenvalue weighted by Gasteiger charge is -2.09. The molecule has 3 N–H and O–H groups in total. The molecule has 0 bridgehead atoms. The lowest BCUT2D eigenvalue weighted by molar-refractivity contribution is 1.04. The van der Waals surface area contributed by atoms with Crippen LogP contribution in [0.3, 0.4) is 0 Å². The van der Waals surface area contributed by atoms with Crippen LogP contribution in [-0.4, -0.2) is 20.2 Å². The Balaban J connectivity index is 1.61. The molecule has 0 atom stereocenters. The summed E-state index contributed by atoms with van der Waals surface area (Å²) in [6.07, 6.45) is 0. The fraction of sp³-hybridized carbons (Fsp3) is 0.167. The van der Waals surface area contributed by atoms with Gasteiger partial charge in [0.2, 0.25) is 5.95 Å². The molecule has 25 heavy (non-hydrogen) atoms. The lowest BCUT2D eigenvalue weighted by atomic mass is 10.1. The summed E-state index contributed by atoms with van der Waals surface area (Å²) in [4.78, 5) is 9.24. The monoisotopic (exact) mass is 350 g/mol. The van der Waals surface area contributed by atoms with Crippen molar-refractivity contribution in [1.82, 2.24) is 20.2 Å². The summed E-state index contributed by atoms with van der Waals surface area (Å²) in [6.45, 7) is 4.73. The minimum Gasteiger partial charge on any atom is -0.350 e. The van der Waals surface area contributed by atoms with E-state index in [1.54, 1.807) is 11.3 Å². The van der Waals surface area contributed by atoms with Crippen LogP contribution in [0.4, 0.5) is 17.6 Å². The second kappa shape index (κ2) is 6.52. The van der Waals surface area contributed by atoms with E-state index in [1.165, 1.54) is 11.1 Å². The van der Waals surface area contributed by atoms with E-state index in [1.807, 2.05) is 24.4 Å². The van der Waals surface area contributed by atoms with Gasteiger partial charge < -0.3 is 10.6 Å². The van der Waals surface area contributed by atoms with E-state index >= 15 is 0 Å². The molecule has 4 aromatic rings. The number of nitrogens with one attached hydrogen (secondary N) is 3. The Morgan fingerprint density at radius 1 is 1.12 bits per heavy atom. The van der Waals surface area contributed by atoms with Crippen molar-refractivity contribution in [3.63, 3.8) is 0 Å². The SMILES string of the molecule is Cc1cccc(CNc2nc(Nc3cc(C)[nH]n3)c3sccc3n2)c1. The number of rotatable bonds is 5. The number of aromatic amines is 1. The zero-order valence-electron chi connectivity index (χ0n) is 14.0. The van der Waals surface area contributed by atoms with Crippen molar-refractivity contribution in [2.45, 2.75) is 20.4 Å². The molecule has 0 saturated heterocycles. The zero-order valence-corrected chi connectivity index (χ0v) is 14.8. The number of hydrogen-bond donors (Lipinski definition) is 3. The molecule has 0 spiro atoms. The Hall–Kier alpha value is -2.93. The molecule has 0 aliphatic carbocycles. The summed E-state index contributed by atoms with van der Waals surface area (Å²) in [6, 6.07) is 12.3. The van der Waals surface area contributed by atoms with Crippen molar-refractivity contribution in [3.05, 3.63) is 58.6 Å². The van der Waals surface area contributed by atoms with E-state index in [-0.39, 0.29) is 0 Å². The second-order valence-electron chi connectivity index (χ2n) is 5.93. The highest BCUT2D eigenvalue weighted by atomic mass is 32.1. The summed E-state index contributed by atoms with van der Waals surface area (Å²) < 4.78 is 1.02. The van der Waals surface area contributed by atoms with Gasteiger partial charge in [-0.1, -0.05) is 29.8 Å². The summed E-state index contributed by atoms with van der Waals surface area (Å²) in [5.41, 5.74) is 4.36. The Bertz CT molecular complexity index is 1020. The first-order chi connectivity index (χ1) is 12.2. The van der Waals surface area contributed by atoms with E-state index in [9.17, 15) is 0 Å². The number of nitrogens with zero attached hydrogens (tertiary/aromatic N) is 3. The third-order valence-electron chi connectivity index (χ3n) is 3.79. The molecule has 0 aliphatic heterocycles. The average Bonchev–Trinajstić information content (AvgIpc) is 3.22. The van der Waals surface area contributed by atoms with E-state index in [0.717, 1.165) is 27.5 Å². The maximum atomic E-state index is 4.64. The number of benzene rings is 1. The summed E-state index contributed by atoms with van der Waals surface area (Å²) in [5, 5.41) is 15.8. The molecule has 0 saturated carbocycles. The van der Waals surface area contributed by atoms with Gasteiger partial charge in [0.05, 0.1) is 10.2 Å². The van der Waals surface area contributed by atoms with Crippen LogP contribution >= 0.6 is 11.3 Å². The molecule has 126 valence electrons. The van der Waals surface area contributed by atoms with E-state index in [4.69, 9.17) is 0 Å². The molecule has 7 heteroatoms. The molecule has 0 aliphatic rings. The molecule has 1 aromatic carbocycles. The molecule has 0 amide bonds. The van der Waals surface area contributed by atoms with Gasteiger partial charge in [-0.15, -0.1) is 11.3 Å². The van der Waals surface area contributed by atoms with E-state index in [0.29, 0.717) is 12.5 Å². The van der Waals surface area contributed by atoms with Gasteiger partial charge in [0.25, 0.3) is 0 Å². The minimum absolute atomic E-state index is 0.599.